The maximum Gasteiger partial charge on any atom is 0.159 e. The molecule has 3 aromatic rings. The fraction of sp³-hybridized carbons (Fsp3) is 0.429. The molecule has 0 N–H and O–H groups in total. The molecular weight excluding hydrogens is 292 g/mol. The van der Waals surface area contributed by atoms with Gasteiger partial charge in [0.25, 0.3) is 0 Å². The van der Waals surface area contributed by atoms with Crippen LogP contribution in [0.4, 0.5) is 0 Å². The number of hydrogen-bond acceptors (Lipinski definition) is 3. The Kier molecular flexibility index (Phi) is 3.34. The normalized spacial score (nSPS) is 13.2. The van der Waals surface area contributed by atoms with Gasteiger partial charge in [-0.3, -0.25) is 4.68 Å². The van der Waals surface area contributed by atoms with E-state index in [9.17, 15) is 0 Å². The number of hydrogen-bond donors (Lipinski definition) is 0. The molecule has 3 heterocycles. The molecule has 106 valence electrons. The predicted octanol–water partition coefficient (Wildman–Crippen LogP) is 3.80. The van der Waals surface area contributed by atoms with Gasteiger partial charge in [-0.05, 0) is 37.8 Å². The molecule has 0 spiro atoms. The molecular formula is C14H17ClN4S. The highest BCUT2D eigenvalue weighted by Gasteiger charge is 2.20. The van der Waals surface area contributed by atoms with Gasteiger partial charge < -0.3 is 4.57 Å². The molecule has 0 aliphatic heterocycles. The lowest BCUT2D eigenvalue weighted by molar-refractivity contribution is 0.689. The lowest BCUT2D eigenvalue weighted by Crippen LogP contribution is -2.08. The monoisotopic (exact) mass is 308 g/mol. The largest absolute Gasteiger partial charge is 0.306 e. The molecule has 0 aliphatic rings. The first-order valence-electron chi connectivity index (χ1n) is 6.55. The first-order valence-corrected chi connectivity index (χ1v) is 7.87. The first kappa shape index (κ1) is 13.6. The zero-order valence-electron chi connectivity index (χ0n) is 12.0. The number of aromatic nitrogens is 4. The van der Waals surface area contributed by atoms with E-state index in [1.807, 2.05) is 25.6 Å². The van der Waals surface area contributed by atoms with E-state index in [4.69, 9.17) is 16.6 Å². The zero-order chi connectivity index (χ0) is 14.4. The number of halogens is 1. The number of alkyl halides is 1. The van der Waals surface area contributed by atoms with Crippen molar-refractivity contribution >= 4 is 34.1 Å². The third kappa shape index (κ3) is 2.05. The van der Waals surface area contributed by atoms with Gasteiger partial charge in [0.1, 0.15) is 11.3 Å². The van der Waals surface area contributed by atoms with Crippen molar-refractivity contribution in [3.05, 3.63) is 33.4 Å². The van der Waals surface area contributed by atoms with E-state index in [0.29, 0.717) is 0 Å². The van der Waals surface area contributed by atoms with Crippen molar-refractivity contribution in [1.29, 1.82) is 0 Å². The van der Waals surface area contributed by atoms with Crippen LogP contribution in [0, 0.1) is 13.8 Å². The summed E-state index contributed by atoms with van der Waals surface area (Å²) in [4.78, 5) is 6.03. The molecule has 3 aromatic heterocycles. The number of fused-ring (bicyclic) bond motifs is 1. The summed E-state index contributed by atoms with van der Waals surface area (Å²) in [5.41, 5.74) is 4.24. The molecule has 0 aromatic carbocycles. The molecule has 4 nitrogen and oxygen atoms in total. The molecule has 0 bridgehead atoms. The molecule has 0 amide bonds. The summed E-state index contributed by atoms with van der Waals surface area (Å²) < 4.78 is 4.08. The first-order chi connectivity index (χ1) is 9.49. The number of nitrogens with zero attached hydrogens (tertiary/aromatic N) is 4. The summed E-state index contributed by atoms with van der Waals surface area (Å²) in [6, 6.07) is 2.15. The van der Waals surface area contributed by atoms with Gasteiger partial charge >= 0.3 is 0 Å². The van der Waals surface area contributed by atoms with E-state index in [-0.39, 0.29) is 5.38 Å². The van der Waals surface area contributed by atoms with Crippen LogP contribution in [0.2, 0.25) is 0 Å². The SMILES string of the molecule is Cc1ccsc1Cn1c(C(C)Cl)nc2c(C)nn(C)c21. The summed E-state index contributed by atoms with van der Waals surface area (Å²) >= 11 is 8.08. The highest BCUT2D eigenvalue weighted by Crippen LogP contribution is 2.28. The second kappa shape index (κ2) is 4.90. The van der Waals surface area contributed by atoms with Crippen LogP contribution >= 0.6 is 22.9 Å². The smallest absolute Gasteiger partial charge is 0.159 e. The third-order valence-corrected chi connectivity index (χ3v) is 4.75. The summed E-state index contributed by atoms with van der Waals surface area (Å²) in [6.45, 7) is 6.88. The highest BCUT2D eigenvalue weighted by atomic mass is 35.5. The van der Waals surface area contributed by atoms with Crippen LogP contribution in [0.1, 0.15) is 34.3 Å². The number of thiophene rings is 1. The van der Waals surface area contributed by atoms with Crippen LogP contribution in [0.25, 0.3) is 11.2 Å². The quantitative estimate of drug-likeness (QED) is 0.690. The summed E-state index contributed by atoms with van der Waals surface area (Å²) in [6.07, 6.45) is 0. The van der Waals surface area contributed by atoms with Crippen LogP contribution in [0.5, 0.6) is 0 Å². The minimum absolute atomic E-state index is 0.123. The molecule has 20 heavy (non-hydrogen) atoms. The average Bonchev–Trinajstić information content (AvgIpc) is 3.01. The Balaban J connectivity index is 2.21. The molecule has 0 fully saturated rings. The van der Waals surface area contributed by atoms with Crippen LogP contribution < -0.4 is 0 Å². The second-order valence-corrected chi connectivity index (χ2v) is 6.74. The molecule has 1 unspecified atom stereocenters. The maximum atomic E-state index is 6.31. The number of rotatable bonds is 3. The Morgan fingerprint density at radius 2 is 2.15 bits per heavy atom. The van der Waals surface area contributed by atoms with Crippen LogP contribution in [-0.2, 0) is 13.6 Å². The minimum Gasteiger partial charge on any atom is -0.306 e. The van der Waals surface area contributed by atoms with E-state index in [2.05, 4.69) is 28.0 Å². The van der Waals surface area contributed by atoms with Crippen molar-refractivity contribution in [3.63, 3.8) is 0 Å². The zero-order valence-corrected chi connectivity index (χ0v) is 13.6. The van der Waals surface area contributed by atoms with Crippen LogP contribution in [-0.4, -0.2) is 19.3 Å². The maximum absolute atomic E-state index is 6.31. The van der Waals surface area contributed by atoms with Gasteiger partial charge in [-0.15, -0.1) is 22.9 Å². The molecule has 0 radical (unpaired) electrons. The van der Waals surface area contributed by atoms with Gasteiger partial charge in [0.2, 0.25) is 0 Å². The van der Waals surface area contributed by atoms with Crippen LogP contribution in [0.15, 0.2) is 11.4 Å². The molecule has 0 aliphatic carbocycles. The summed E-state index contributed by atoms with van der Waals surface area (Å²) in [5, 5.41) is 6.46. The highest BCUT2D eigenvalue weighted by molar-refractivity contribution is 7.10. The molecule has 0 saturated carbocycles. The minimum atomic E-state index is -0.123. The standard InChI is InChI=1S/C14H17ClN4S/c1-8-5-6-20-11(8)7-19-13(9(2)15)16-12-10(3)17-18(4)14(12)19/h5-6,9H,7H2,1-4H3. The van der Waals surface area contributed by atoms with Crippen molar-refractivity contribution in [3.8, 4) is 0 Å². The number of imidazole rings is 1. The van der Waals surface area contributed by atoms with E-state index < -0.39 is 0 Å². The Hall–Kier alpha value is -1.33. The van der Waals surface area contributed by atoms with Crippen LogP contribution in [0.3, 0.4) is 0 Å². The topological polar surface area (TPSA) is 35.6 Å². The van der Waals surface area contributed by atoms with Crippen molar-refractivity contribution in [1.82, 2.24) is 19.3 Å². The predicted molar refractivity (Wildman–Crippen MR) is 83.7 cm³/mol. The molecule has 6 heteroatoms. The lowest BCUT2D eigenvalue weighted by atomic mass is 10.3. The van der Waals surface area contributed by atoms with Crippen molar-refractivity contribution in [2.75, 3.05) is 0 Å². The van der Waals surface area contributed by atoms with Gasteiger partial charge in [0, 0.05) is 11.9 Å². The van der Waals surface area contributed by atoms with Crippen molar-refractivity contribution in [2.24, 2.45) is 7.05 Å². The van der Waals surface area contributed by atoms with E-state index in [0.717, 1.165) is 29.2 Å². The van der Waals surface area contributed by atoms with E-state index >= 15 is 0 Å². The fourth-order valence-electron chi connectivity index (χ4n) is 2.52. The van der Waals surface area contributed by atoms with E-state index in [1.165, 1.54) is 10.4 Å². The Bertz CT molecular complexity index is 766. The van der Waals surface area contributed by atoms with Gasteiger partial charge in [0.15, 0.2) is 5.65 Å². The van der Waals surface area contributed by atoms with Gasteiger partial charge in [-0.1, -0.05) is 0 Å². The molecule has 0 saturated heterocycles. The fourth-order valence-corrected chi connectivity index (χ4v) is 3.58. The Morgan fingerprint density at radius 3 is 2.75 bits per heavy atom. The van der Waals surface area contributed by atoms with Gasteiger partial charge in [0.05, 0.1) is 17.6 Å². The Labute approximate surface area is 127 Å². The van der Waals surface area contributed by atoms with Crippen molar-refractivity contribution < 1.29 is 0 Å². The molecule has 3 rings (SSSR count). The average molecular weight is 309 g/mol. The van der Waals surface area contributed by atoms with Gasteiger partial charge in [-0.2, -0.15) is 5.10 Å². The lowest BCUT2D eigenvalue weighted by Gasteiger charge is -2.10. The van der Waals surface area contributed by atoms with E-state index in [1.54, 1.807) is 11.3 Å². The third-order valence-electron chi connectivity index (χ3n) is 3.55. The Morgan fingerprint density at radius 1 is 1.40 bits per heavy atom. The number of aryl methyl sites for hydroxylation is 3. The summed E-state index contributed by atoms with van der Waals surface area (Å²) in [7, 11) is 1.96. The second-order valence-electron chi connectivity index (χ2n) is 5.08. The van der Waals surface area contributed by atoms with Gasteiger partial charge in [-0.25, -0.2) is 4.98 Å². The molecule has 1 atom stereocenters. The van der Waals surface area contributed by atoms with Crippen molar-refractivity contribution in [2.45, 2.75) is 32.7 Å². The summed E-state index contributed by atoms with van der Waals surface area (Å²) in [5.74, 6) is 0.908.